The molecular formula is C12H16BrFN2O. The monoisotopic (exact) mass is 302 g/mol. The number of amides is 1. The van der Waals surface area contributed by atoms with E-state index in [4.69, 9.17) is 5.73 Å². The number of carbonyl (C=O) groups is 1. The number of hydrogen-bond donors (Lipinski definition) is 2. The van der Waals surface area contributed by atoms with Crippen LogP contribution in [0.25, 0.3) is 0 Å². The van der Waals surface area contributed by atoms with E-state index in [0.717, 1.165) is 10.0 Å². The fourth-order valence-electron chi connectivity index (χ4n) is 1.34. The van der Waals surface area contributed by atoms with Gasteiger partial charge < -0.3 is 11.1 Å². The molecule has 1 aromatic rings. The first kappa shape index (κ1) is 14.1. The molecule has 5 heteroatoms. The topological polar surface area (TPSA) is 55.1 Å². The van der Waals surface area contributed by atoms with Crippen molar-refractivity contribution in [2.45, 2.75) is 19.9 Å². The number of benzene rings is 1. The van der Waals surface area contributed by atoms with Gasteiger partial charge in [-0.05, 0) is 36.2 Å². The van der Waals surface area contributed by atoms with Crippen LogP contribution in [-0.2, 0) is 11.3 Å². The molecule has 0 saturated carbocycles. The van der Waals surface area contributed by atoms with Gasteiger partial charge in [0.2, 0.25) is 5.91 Å². The zero-order chi connectivity index (χ0) is 12.8. The number of halogens is 2. The molecule has 1 rings (SSSR count). The van der Waals surface area contributed by atoms with E-state index in [2.05, 4.69) is 21.2 Å². The van der Waals surface area contributed by atoms with E-state index in [1.54, 1.807) is 6.07 Å². The van der Waals surface area contributed by atoms with Gasteiger partial charge in [0, 0.05) is 17.4 Å². The summed E-state index contributed by atoms with van der Waals surface area (Å²) >= 11 is 3.31. The van der Waals surface area contributed by atoms with Gasteiger partial charge in [-0.15, -0.1) is 0 Å². The minimum absolute atomic E-state index is 0.0703. The van der Waals surface area contributed by atoms with E-state index in [1.165, 1.54) is 12.1 Å². The van der Waals surface area contributed by atoms with Gasteiger partial charge in [-0.2, -0.15) is 0 Å². The highest BCUT2D eigenvalue weighted by Gasteiger charge is 2.08. The van der Waals surface area contributed by atoms with E-state index >= 15 is 0 Å². The molecule has 0 spiro atoms. The number of rotatable bonds is 5. The van der Waals surface area contributed by atoms with Gasteiger partial charge in [0.1, 0.15) is 5.82 Å². The Morgan fingerprint density at radius 3 is 2.94 bits per heavy atom. The molecule has 1 aromatic carbocycles. The molecule has 3 nitrogen and oxygen atoms in total. The summed E-state index contributed by atoms with van der Waals surface area (Å²) in [5.41, 5.74) is 6.16. The Hall–Kier alpha value is -0.940. The largest absolute Gasteiger partial charge is 0.352 e. The molecule has 0 aliphatic heterocycles. The van der Waals surface area contributed by atoms with Gasteiger partial charge in [-0.1, -0.05) is 22.9 Å². The minimum atomic E-state index is -0.312. The molecule has 94 valence electrons. The fraction of sp³-hybridized carbons (Fsp3) is 0.417. The van der Waals surface area contributed by atoms with Crippen molar-refractivity contribution < 1.29 is 9.18 Å². The molecule has 0 saturated heterocycles. The Morgan fingerprint density at radius 2 is 2.29 bits per heavy atom. The van der Waals surface area contributed by atoms with Crippen LogP contribution in [0.3, 0.4) is 0 Å². The smallest absolute Gasteiger partial charge is 0.220 e. The van der Waals surface area contributed by atoms with Crippen molar-refractivity contribution in [3.8, 4) is 0 Å². The first-order valence-electron chi connectivity index (χ1n) is 5.43. The molecule has 0 aromatic heterocycles. The minimum Gasteiger partial charge on any atom is -0.352 e. The maximum atomic E-state index is 13.0. The van der Waals surface area contributed by atoms with Crippen molar-refractivity contribution in [1.29, 1.82) is 0 Å². The van der Waals surface area contributed by atoms with Crippen LogP contribution in [0.1, 0.15) is 18.9 Å². The van der Waals surface area contributed by atoms with Crippen molar-refractivity contribution in [3.63, 3.8) is 0 Å². The van der Waals surface area contributed by atoms with E-state index in [1.807, 2.05) is 6.92 Å². The Kier molecular flexibility index (Phi) is 5.58. The number of nitrogens with one attached hydrogen (secondary N) is 1. The van der Waals surface area contributed by atoms with Gasteiger partial charge in [0.05, 0.1) is 0 Å². The maximum Gasteiger partial charge on any atom is 0.220 e. The van der Waals surface area contributed by atoms with Crippen LogP contribution in [0.2, 0.25) is 0 Å². The van der Waals surface area contributed by atoms with Gasteiger partial charge in [0.25, 0.3) is 0 Å². The van der Waals surface area contributed by atoms with E-state index in [0.29, 0.717) is 19.5 Å². The zero-order valence-electron chi connectivity index (χ0n) is 9.67. The van der Waals surface area contributed by atoms with Crippen molar-refractivity contribution in [3.05, 3.63) is 34.1 Å². The Balaban J connectivity index is 2.50. The predicted molar refractivity (Wildman–Crippen MR) is 68.8 cm³/mol. The molecule has 1 unspecified atom stereocenters. The third kappa shape index (κ3) is 4.83. The maximum absolute atomic E-state index is 13.0. The summed E-state index contributed by atoms with van der Waals surface area (Å²) in [4.78, 5) is 11.5. The Morgan fingerprint density at radius 1 is 1.59 bits per heavy atom. The lowest BCUT2D eigenvalue weighted by Gasteiger charge is -2.10. The SMILES string of the molecule is CC(CN)CC(=O)NCc1cc(F)ccc1Br. The van der Waals surface area contributed by atoms with Crippen LogP contribution in [0.15, 0.2) is 22.7 Å². The van der Waals surface area contributed by atoms with Gasteiger partial charge >= 0.3 is 0 Å². The van der Waals surface area contributed by atoms with Crippen LogP contribution in [0.5, 0.6) is 0 Å². The molecule has 0 radical (unpaired) electrons. The second kappa shape index (κ2) is 6.71. The summed E-state index contributed by atoms with van der Waals surface area (Å²) in [5, 5.41) is 2.74. The van der Waals surface area contributed by atoms with Gasteiger partial charge in [-0.25, -0.2) is 4.39 Å². The first-order valence-corrected chi connectivity index (χ1v) is 6.23. The van der Waals surface area contributed by atoms with E-state index in [9.17, 15) is 9.18 Å². The lowest BCUT2D eigenvalue weighted by molar-refractivity contribution is -0.122. The Labute approximate surface area is 109 Å². The normalized spacial score (nSPS) is 12.2. The number of nitrogens with two attached hydrogens (primary N) is 1. The molecule has 1 amide bonds. The van der Waals surface area contributed by atoms with Crippen LogP contribution in [-0.4, -0.2) is 12.5 Å². The summed E-state index contributed by atoms with van der Waals surface area (Å²) in [6.45, 7) is 2.71. The lowest BCUT2D eigenvalue weighted by atomic mass is 10.1. The molecule has 17 heavy (non-hydrogen) atoms. The predicted octanol–water partition coefficient (Wildman–Crippen LogP) is 2.19. The van der Waals surface area contributed by atoms with Crippen LogP contribution < -0.4 is 11.1 Å². The number of hydrogen-bond acceptors (Lipinski definition) is 2. The van der Waals surface area contributed by atoms with Gasteiger partial charge in [0.15, 0.2) is 0 Å². The molecule has 1 atom stereocenters. The summed E-state index contributed by atoms with van der Waals surface area (Å²) in [5.74, 6) is -0.224. The second-order valence-electron chi connectivity index (χ2n) is 4.06. The fourth-order valence-corrected chi connectivity index (χ4v) is 1.73. The highest BCUT2D eigenvalue weighted by atomic mass is 79.9. The zero-order valence-corrected chi connectivity index (χ0v) is 11.3. The van der Waals surface area contributed by atoms with E-state index < -0.39 is 0 Å². The summed E-state index contributed by atoms with van der Waals surface area (Å²) in [6.07, 6.45) is 0.392. The standard InChI is InChI=1S/C12H16BrFN2O/c1-8(6-15)4-12(17)16-7-9-5-10(14)2-3-11(9)13/h2-3,5,8H,4,6-7,15H2,1H3,(H,16,17). The average Bonchev–Trinajstić information content (AvgIpc) is 2.30. The second-order valence-corrected chi connectivity index (χ2v) is 4.91. The summed E-state index contributed by atoms with van der Waals surface area (Å²) < 4.78 is 13.8. The molecule has 0 aliphatic rings. The third-order valence-electron chi connectivity index (χ3n) is 2.42. The van der Waals surface area contributed by atoms with Crippen molar-refractivity contribution >= 4 is 21.8 Å². The molecule has 3 N–H and O–H groups in total. The van der Waals surface area contributed by atoms with Crippen molar-refractivity contribution in [2.75, 3.05) is 6.54 Å². The van der Waals surface area contributed by atoms with Crippen LogP contribution in [0.4, 0.5) is 4.39 Å². The Bertz CT molecular complexity index is 398. The highest BCUT2D eigenvalue weighted by Crippen LogP contribution is 2.17. The van der Waals surface area contributed by atoms with Crippen molar-refractivity contribution in [2.24, 2.45) is 11.7 Å². The quantitative estimate of drug-likeness (QED) is 0.876. The lowest BCUT2D eigenvalue weighted by Crippen LogP contribution is -2.26. The summed E-state index contributed by atoms with van der Waals surface area (Å²) in [7, 11) is 0. The van der Waals surface area contributed by atoms with Crippen molar-refractivity contribution in [1.82, 2.24) is 5.32 Å². The molecule has 0 heterocycles. The van der Waals surface area contributed by atoms with Crippen LogP contribution >= 0.6 is 15.9 Å². The number of carbonyl (C=O) groups excluding carboxylic acids is 1. The molecule has 0 bridgehead atoms. The van der Waals surface area contributed by atoms with E-state index in [-0.39, 0.29) is 17.6 Å². The molecule has 0 aliphatic carbocycles. The first-order chi connectivity index (χ1) is 8.02. The van der Waals surface area contributed by atoms with Crippen LogP contribution in [0, 0.1) is 11.7 Å². The highest BCUT2D eigenvalue weighted by molar-refractivity contribution is 9.10. The average molecular weight is 303 g/mol. The third-order valence-corrected chi connectivity index (χ3v) is 3.19. The molecule has 0 fully saturated rings. The molecular weight excluding hydrogens is 287 g/mol. The summed E-state index contributed by atoms with van der Waals surface area (Å²) in [6, 6.07) is 4.39. The van der Waals surface area contributed by atoms with Gasteiger partial charge in [-0.3, -0.25) is 4.79 Å².